The Bertz CT molecular complexity index is 832. The third kappa shape index (κ3) is 6.25. The van der Waals surface area contributed by atoms with Crippen molar-refractivity contribution in [3.8, 4) is 0 Å². The summed E-state index contributed by atoms with van der Waals surface area (Å²) in [4.78, 5) is 25.5. The minimum atomic E-state index is -0.894. The van der Waals surface area contributed by atoms with Crippen LogP contribution in [0.5, 0.6) is 0 Å². The van der Waals surface area contributed by atoms with Crippen LogP contribution in [0.1, 0.15) is 44.7 Å². The fourth-order valence-corrected chi connectivity index (χ4v) is 3.60. The van der Waals surface area contributed by atoms with Crippen LogP contribution in [-0.4, -0.2) is 25.5 Å². The average molecular weight is 461 g/mol. The molecule has 2 rings (SSSR count). The van der Waals surface area contributed by atoms with E-state index in [-0.39, 0.29) is 18.2 Å². The van der Waals surface area contributed by atoms with E-state index >= 15 is 0 Å². The van der Waals surface area contributed by atoms with Crippen LogP contribution in [0.3, 0.4) is 0 Å². The summed E-state index contributed by atoms with van der Waals surface area (Å²) in [5, 5.41) is 0. The minimum Gasteiger partial charge on any atom is -0.468 e. The molecule has 0 fully saturated rings. The molecule has 0 aliphatic carbocycles. The molecule has 4 nitrogen and oxygen atoms in total. The second-order valence-corrected chi connectivity index (χ2v) is 9.04. The molecule has 0 N–H and O–H groups in total. The van der Waals surface area contributed by atoms with Crippen molar-refractivity contribution < 1.29 is 19.1 Å². The highest BCUT2D eigenvalue weighted by Gasteiger charge is 2.38. The number of carbonyl (C=O) groups is 2. The van der Waals surface area contributed by atoms with Gasteiger partial charge >= 0.3 is 5.97 Å². The number of esters is 1. The third-order valence-corrected chi connectivity index (χ3v) is 5.77. The van der Waals surface area contributed by atoms with Crippen LogP contribution in [-0.2, 0) is 31.1 Å². The van der Waals surface area contributed by atoms with Crippen molar-refractivity contribution in [2.45, 2.75) is 45.6 Å². The topological polar surface area (TPSA) is 52.6 Å². The standard InChI is InChI=1S/C24H29BrO4/c1-23(2,17-29-16-18-9-6-5-7-10-18)21(26)13-14-24(3,22(27)28-4)19-11-8-12-20(25)15-19/h5-12,15H,13-14,16-17H2,1-4H3. The zero-order valence-corrected chi connectivity index (χ0v) is 19.1. The summed E-state index contributed by atoms with van der Waals surface area (Å²) >= 11 is 3.45. The number of carbonyl (C=O) groups excluding carboxylic acids is 2. The van der Waals surface area contributed by atoms with E-state index < -0.39 is 10.8 Å². The summed E-state index contributed by atoms with van der Waals surface area (Å²) in [7, 11) is 1.38. The number of methoxy groups -OCH3 is 1. The first-order valence-electron chi connectivity index (χ1n) is 9.68. The van der Waals surface area contributed by atoms with Gasteiger partial charge in [-0.1, -0.05) is 72.2 Å². The van der Waals surface area contributed by atoms with Crippen LogP contribution < -0.4 is 0 Å². The molecule has 0 saturated carbocycles. The monoisotopic (exact) mass is 460 g/mol. The molecule has 2 aromatic carbocycles. The van der Waals surface area contributed by atoms with E-state index in [1.54, 1.807) is 0 Å². The van der Waals surface area contributed by atoms with Gasteiger partial charge in [0.05, 0.1) is 25.7 Å². The molecule has 5 heteroatoms. The van der Waals surface area contributed by atoms with E-state index in [0.717, 1.165) is 15.6 Å². The number of benzene rings is 2. The molecule has 0 aliphatic heterocycles. The van der Waals surface area contributed by atoms with Crippen molar-refractivity contribution in [1.29, 1.82) is 0 Å². The molecule has 2 aromatic rings. The number of Topliss-reactive ketones (excluding diaryl/α,β-unsaturated/α-hetero) is 1. The fraction of sp³-hybridized carbons (Fsp3) is 0.417. The summed E-state index contributed by atoms with van der Waals surface area (Å²) in [5.74, 6) is -0.280. The van der Waals surface area contributed by atoms with Crippen LogP contribution in [0.25, 0.3) is 0 Å². The molecule has 0 aromatic heterocycles. The second-order valence-electron chi connectivity index (χ2n) is 8.12. The highest BCUT2D eigenvalue weighted by atomic mass is 79.9. The van der Waals surface area contributed by atoms with Crippen LogP contribution in [0.4, 0.5) is 0 Å². The maximum atomic E-state index is 12.9. The molecule has 0 saturated heterocycles. The number of hydrogen-bond donors (Lipinski definition) is 0. The maximum absolute atomic E-state index is 12.9. The maximum Gasteiger partial charge on any atom is 0.316 e. The Balaban J connectivity index is 2.01. The lowest BCUT2D eigenvalue weighted by Gasteiger charge is -2.29. The molecule has 156 valence electrons. The van der Waals surface area contributed by atoms with Gasteiger partial charge in [-0.05, 0) is 36.6 Å². The van der Waals surface area contributed by atoms with Gasteiger partial charge in [0.15, 0.2) is 0 Å². The Labute approximate surface area is 181 Å². The molecular formula is C24H29BrO4. The molecular weight excluding hydrogens is 432 g/mol. The lowest BCUT2D eigenvalue weighted by atomic mass is 9.75. The zero-order chi connectivity index (χ0) is 21.5. The Kier molecular flexibility index (Phi) is 8.17. The lowest BCUT2D eigenvalue weighted by molar-refractivity contribution is -0.147. The Hall–Kier alpha value is -1.98. The van der Waals surface area contributed by atoms with Crippen LogP contribution >= 0.6 is 15.9 Å². The highest BCUT2D eigenvalue weighted by molar-refractivity contribution is 9.10. The second kappa shape index (κ2) is 10.2. The predicted octanol–water partition coefficient (Wildman–Crippen LogP) is 5.47. The van der Waals surface area contributed by atoms with Gasteiger partial charge in [0, 0.05) is 16.3 Å². The molecule has 0 heterocycles. The third-order valence-electron chi connectivity index (χ3n) is 5.28. The van der Waals surface area contributed by atoms with Gasteiger partial charge in [-0.2, -0.15) is 0 Å². The van der Waals surface area contributed by atoms with Crippen molar-refractivity contribution in [1.82, 2.24) is 0 Å². The zero-order valence-electron chi connectivity index (χ0n) is 17.5. The summed E-state index contributed by atoms with van der Waals surface area (Å²) in [6.07, 6.45) is 0.636. The van der Waals surface area contributed by atoms with E-state index in [9.17, 15) is 9.59 Å². The Morgan fingerprint density at radius 1 is 1.00 bits per heavy atom. The average Bonchev–Trinajstić information content (AvgIpc) is 2.71. The first-order valence-corrected chi connectivity index (χ1v) is 10.5. The summed E-state index contributed by atoms with van der Waals surface area (Å²) < 4.78 is 11.7. The number of rotatable bonds is 10. The minimum absolute atomic E-state index is 0.0655. The molecule has 0 amide bonds. The van der Waals surface area contributed by atoms with E-state index in [1.165, 1.54) is 7.11 Å². The number of ether oxygens (including phenoxy) is 2. The first-order chi connectivity index (χ1) is 13.7. The van der Waals surface area contributed by atoms with Crippen molar-refractivity contribution in [3.63, 3.8) is 0 Å². The quantitative estimate of drug-likeness (QED) is 0.440. The summed E-state index contributed by atoms with van der Waals surface area (Å²) in [6, 6.07) is 17.4. The van der Waals surface area contributed by atoms with E-state index in [1.807, 2.05) is 75.4 Å². The van der Waals surface area contributed by atoms with E-state index in [2.05, 4.69) is 15.9 Å². The van der Waals surface area contributed by atoms with Gasteiger partial charge in [-0.25, -0.2) is 0 Å². The number of ketones is 1. The van der Waals surface area contributed by atoms with Crippen LogP contribution in [0, 0.1) is 5.41 Å². The van der Waals surface area contributed by atoms with Crippen LogP contribution in [0.15, 0.2) is 59.1 Å². The Morgan fingerprint density at radius 2 is 1.69 bits per heavy atom. The van der Waals surface area contributed by atoms with Gasteiger partial charge in [0.2, 0.25) is 0 Å². The van der Waals surface area contributed by atoms with Crippen molar-refractivity contribution >= 4 is 27.7 Å². The molecule has 0 radical (unpaired) electrons. The van der Waals surface area contributed by atoms with E-state index in [4.69, 9.17) is 9.47 Å². The SMILES string of the molecule is COC(=O)C(C)(CCC(=O)C(C)(C)COCc1ccccc1)c1cccc(Br)c1. The van der Waals surface area contributed by atoms with Gasteiger partial charge in [0.25, 0.3) is 0 Å². The number of halogens is 1. The first kappa shape index (κ1) is 23.3. The van der Waals surface area contributed by atoms with Gasteiger partial charge in [-0.3, -0.25) is 9.59 Å². The number of hydrogen-bond acceptors (Lipinski definition) is 4. The van der Waals surface area contributed by atoms with Gasteiger partial charge in [-0.15, -0.1) is 0 Å². The normalized spacial score (nSPS) is 13.6. The summed E-state index contributed by atoms with van der Waals surface area (Å²) in [6.45, 7) is 6.39. The smallest absolute Gasteiger partial charge is 0.316 e. The summed E-state index contributed by atoms with van der Waals surface area (Å²) in [5.41, 5.74) is 0.367. The lowest BCUT2D eigenvalue weighted by Crippen LogP contribution is -2.37. The molecule has 0 bridgehead atoms. The van der Waals surface area contributed by atoms with Gasteiger partial charge < -0.3 is 9.47 Å². The van der Waals surface area contributed by atoms with Crippen molar-refractivity contribution in [2.75, 3.05) is 13.7 Å². The van der Waals surface area contributed by atoms with Crippen LogP contribution in [0.2, 0.25) is 0 Å². The van der Waals surface area contributed by atoms with Crippen molar-refractivity contribution in [2.24, 2.45) is 5.41 Å². The largest absolute Gasteiger partial charge is 0.468 e. The molecule has 0 aliphatic rings. The molecule has 1 unspecified atom stereocenters. The molecule has 0 spiro atoms. The highest BCUT2D eigenvalue weighted by Crippen LogP contribution is 2.34. The van der Waals surface area contributed by atoms with Crippen molar-refractivity contribution in [3.05, 3.63) is 70.2 Å². The predicted molar refractivity (Wildman–Crippen MR) is 118 cm³/mol. The molecule has 29 heavy (non-hydrogen) atoms. The Morgan fingerprint density at radius 3 is 2.31 bits per heavy atom. The van der Waals surface area contributed by atoms with Gasteiger partial charge in [0.1, 0.15) is 5.78 Å². The van der Waals surface area contributed by atoms with E-state index in [0.29, 0.717) is 19.6 Å². The molecule has 1 atom stereocenters. The fourth-order valence-electron chi connectivity index (χ4n) is 3.20.